The molecule has 1 aromatic carbocycles. The van der Waals surface area contributed by atoms with Crippen LogP contribution in [0.3, 0.4) is 0 Å². The van der Waals surface area contributed by atoms with Crippen LogP contribution in [-0.4, -0.2) is 46.8 Å². The predicted molar refractivity (Wildman–Crippen MR) is 85.1 cm³/mol. The first-order valence-electron chi connectivity index (χ1n) is 7.96. The number of nitrogens with two attached hydrogens (primary N) is 1. The number of fused-ring (bicyclic) bond motifs is 1. The standard InChI is InChI=1S/C17H20N4O2/c18-17(22)13-7-19-21(8-13)14-9-20(10-14)11-16-15-4-2-1-3-12(15)5-6-23-16/h1-4,7-8,14,16H,5-6,9-11H2,(H2,18,22). The van der Waals surface area contributed by atoms with Crippen LogP contribution in [0.25, 0.3) is 0 Å². The van der Waals surface area contributed by atoms with E-state index in [1.807, 2.05) is 4.68 Å². The molecule has 0 aliphatic carbocycles. The first kappa shape index (κ1) is 14.4. The van der Waals surface area contributed by atoms with Crippen molar-refractivity contribution in [2.24, 2.45) is 5.73 Å². The van der Waals surface area contributed by atoms with Gasteiger partial charge in [0.25, 0.3) is 5.91 Å². The number of hydrogen-bond donors (Lipinski definition) is 1. The van der Waals surface area contributed by atoms with E-state index in [9.17, 15) is 4.79 Å². The number of likely N-dealkylation sites (tertiary alicyclic amines) is 1. The summed E-state index contributed by atoms with van der Waals surface area (Å²) in [5, 5.41) is 4.23. The van der Waals surface area contributed by atoms with Gasteiger partial charge in [0, 0.05) is 25.8 Å². The largest absolute Gasteiger partial charge is 0.372 e. The zero-order valence-corrected chi connectivity index (χ0v) is 12.9. The van der Waals surface area contributed by atoms with Gasteiger partial charge < -0.3 is 10.5 Å². The summed E-state index contributed by atoms with van der Waals surface area (Å²) >= 11 is 0. The molecule has 6 heteroatoms. The van der Waals surface area contributed by atoms with Crippen LogP contribution in [-0.2, 0) is 11.2 Å². The molecule has 1 unspecified atom stereocenters. The monoisotopic (exact) mass is 312 g/mol. The molecule has 4 rings (SSSR count). The number of rotatable bonds is 4. The van der Waals surface area contributed by atoms with E-state index in [-0.39, 0.29) is 6.10 Å². The molecule has 1 saturated heterocycles. The van der Waals surface area contributed by atoms with Gasteiger partial charge >= 0.3 is 0 Å². The predicted octanol–water partition coefficient (Wildman–Crippen LogP) is 1.15. The Kier molecular flexibility index (Phi) is 3.63. The lowest BCUT2D eigenvalue weighted by atomic mass is 9.96. The van der Waals surface area contributed by atoms with Crippen molar-refractivity contribution in [3.63, 3.8) is 0 Å². The first-order valence-corrected chi connectivity index (χ1v) is 7.96. The van der Waals surface area contributed by atoms with Crippen LogP contribution in [0.2, 0.25) is 0 Å². The summed E-state index contributed by atoms with van der Waals surface area (Å²) in [5.41, 5.74) is 8.45. The smallest absolute Gasteiger partial charge is 0.251 e. The Labute approximate surface area is 134 Å². The maximum absolute atomic E-state index is 11.1. The highest BCUT2D eigenvalue weighted by Gasteiger charge is 2.32. The first-order chi connectivity index (χ1) is 11.2. The van der Waals surface area contributed by atoms with Gasteiger partial charge in [0.1, 0.15) is 0 Å². The minimum absolute atomic E-state index is 0.153. The molecule has 0 saturated carbocycles. The summed E-state index contributed by atoms with van der Waals surface area (Å²) in [6.07, 6.45) is 4.42. The van der Waals surface area contributed by atoms with Crippen LogP contribution in [0.4, 0.5) is 0 Å². The Balaban J connectivity index is 1.37. The molecule has 0 bridgehead atoms. The van der Waals surface area contributed by atoms with Crippen LogP contribution >= 0.6 is 0 Å². The van der Waals surface area contributed by atoms with Crippen molar-refractivity contribution in [1.82, 2.24) is 14.7 Å². The zero-order chi connectivity index (χ0) is 15.8. The quantitative estimate of drug-likeness (QED) is 0.919. The molecule has 2 N–H and O–H groups in total. The molecule has 23 heavy (non-hydrogen) atoms. The Morgan fingerprint density at radius 3 is 2.96 bits per heavy atom. The number of ether oxygens (including phenoxy) is 1. The Morgan fingerprint density at radius 1 is 1.35 bits per heavy atom. The zero-order valence-electron chi connectivity index (χ0n) is 12.9. The van der Waals surface area contributed by atoms with Crippen molar-refractivity contribution in [2.75, 3.05) is 26.2 Å². The SMILES string of the molecule is NC(=O)c1cnn(C2CN(CC3OCCc4ccccc43)C2)c1. The number of carbonyl (C=O) groups excluding carboxylic acids is 1. The molecule has 2 aliphatic heterocycles. The number of nitrogens with zero attached hydrogens (tertiary/aromatic N) is 3. The molecule has 2 aliphatic rings. The van der Waals surface area contributed by atoms with Crippen molar-refractivity contribution in [3.8, 4) is 0 Å². The fourth-order valence-corrected chi connectivity index (χ4v) is 3.39. The van der Waals surface area contributed by atoms with E-state index in [2.05, 4.69) is 34.3 Å². The van der Waals surface area contributed by atoms with E-state index < -0.39 is 5.91 Å². The van der Waals surface area contributed by atoms with Gasteiger partial charge in [-0.2, -0.15) is 5.10 Å². The molecule has 6 nitrogen and oxygen atoms in total. The van der Waals surface area contributed by atoms with Gasteiger partial charge in [-0.25, -0.2) is 0 Å². The van der Waals surface area contributed by atoms with Crippen molar-refractivity contribution in [3.05, 3.63) is 53.3 Å². The Morgan fingerprint density at radius 2 is 2.17 bits per heavy atom. The van der Waals surface area contributed by atoms with Gasteiger partial charge in [-0.1, -0.05) is 24.3 Å². The molecule has 3 heterocycles. The summed E-state index contributed by atoms with van der Waals surface area (Å²) < 4.78 is 7.80. The highest BCUT2D eigenvalue weighted by molar-refractivity contribution is 5.92. The third-order valence-electron chi connectivity index (χ3n) is 4.71. The van der Waals surface area contributed by atoms with Crippen LogP contribution < -0.4 is 5.73 Å². The molecular formula is C17H20N4O2. The number of hydrogen-bond acceptors (Lipinski definition) is 4. The van der Waals surface area contributed by atoms with Crippen LogP contribution in [0, 0.1) is 0 Å². The van der Waals surface area contributed by atoms with E-state index >= 15 is 0 Å². The highest BCUT2D eigenvalue weighted by Crippen LogP contribution is 2.30. The molecule has 120 valence electrons. The second-order valence-electron chi connectivity index (χ2n) is 6.25. The second kappa shape index (κ2) is 5.79. The number of carbonyl (C=O) groups is 1. The van der Waals surface area contributed by atoms with Crippen LogP contribution in [0.15, 0.2) is 36.7 Å². The number of amides is 1. The third kappa shape index (κ3) is 2.75. The van der Waals surface area contributed by atoms with Crippen molar-refractivity contribution < 1.29 is 9.53 Å². The van der Waals surface area contributed by atoms with E-state index in [0.29, 0.717) is 11.6 Å². The average molecular weight is 312 g/mol. The lowest BCUT2D eigenvalue weighted by Crippen LogP contribution is -2.49. The van der Waals surface area contributed by atoms with Gasteiger partial charge in [0.05, 0.1) is 30.5 Å². The lowest BCUT2D eigenvalue weighted by molar-refractivity contribution is -0.0133. The molecule has 2 aromatic rings. The molecule has 1 aromatic heterocycles. The lowest BCUT2D eigenvalue weighted by Gasteiger charge is -2.41. The maximum Gasteiger partial charge on any atom is 0.251 e. The maximum atomic E-state index is 11.1. The van der Waals surface area contributed by atoms with E-state index in [0.717, 1.165) is 32.7 Å². The summed E-state index contributed by atoms with van der Waals surface area (Å²) in [4.78, 5) is 13.5. The van der Waals surface area contributed by atoms with Crippen LogP contribution in [0.5, 0.6) is 0 Å². The van der Waals surface area contributed by atoms with Crippen LogP contribution in [0.1, 0.15) is 33.6 Å². The Bertz CT molecular complexity index is 721. The number of primary amides is 1. The Hall–Kier alpha value is -2.18. The van der Waals surface area contributed by atoms with E-state index in [4.69, 9.17) is 10.5 Å². The normalized spacial score (nSPS) is 21.7. The molecular weight excluding hydrogens is 292 g/mol. The van der Waals surface area contributed by atoms with Gasteiger partial charge in [-0.05, 0) is 17.5 Å². The minimum Gasteiger partial charge on any atom is -0.372 e. The van der Waals surface area contributed by atoms with Gasteiger partial charge in [0.2, 0.25) is 0 Å². The van der Waals surface area contributed by atoms with Crippen molar-refractivity contribution >= 4 is 5.91 Å². The van der Waals surface area contributed by atoms with Gasteiger partial charge in [0.15, 0.2) is 0 Å². The molecule has 0 radical (unpaired) electrons. The second-order valence-corrected chi connectivity index (χ2v) is 6.25. The summed E-state index contributed by atoms with van der Waals surface area (Å²) in [6, 6.07) is 8.84. The molecule has 0 spiro atoms. The summed E-state index contributed by atoms with van der Waals surface area (Å²) in [5.74, 6) is -0.431. The molecule has 1 amide bonds. The highest BCUT2D eigenvalue weighted by atomic mass is 16.5. The summed E-state index contributed by atoms with van der Waals surface area (Å²) in [7, 11) is 0. The molecule has 1 fully saturated rings. The minimum atomic E-state index is -0.431. The average Bonchev–Trinajstić information content (AvgIpc) is 3.00. The third-order valence-corrected chi connectivity index (χ3v) is 4.71. The number of benzene rings is 1. The summed E-state index contributed by atoms with van der Waals surface area (Å²) in [6.45, 7) is 3.53. The van der Waals surface area contributed by atoms with E-state index in [1.165, 1.54) is 17.3 Å². The fraction of sp³-hybridized carbons (Fsp3) is 0.412. The van der Waals surface area contributed by atoms with Crippen molar-refractivity contribution in [2.45, 2.75) is 18.6 Å². The fourth-order valence-electron chi connectivity index (χ4n) is 3.39. The van der Waals surface area contributed by atoms with Crippen molar-refractivity contribution in [1.29, 1.82) is 0 Å². The van der Waals surface area contributed by atoms with E-state index in [1.54, 1.807) is 6.20 Å². The molecule has 1 atom stereocenters. The van der Waals surface area contributed by atoms with Gasteiger partial charge in [-0.15, -0.1) is 0 Å². The number of aromatic nitrogens is 2. The van der Waals surface area contributed by atoms with Gasteiger partial charge in [-0.3, -0.25) is 14.4 Å². The topological polar surface area (TPSA) is 73.4 Å².